The van der Waals surface area contributed by atoms with Gasteiger partial charge in [-0.05, 0) is 79.6 Å². The summed E-state index contributed by atoms with van der Waals surface area (Å²) in [5.74, 6) is -1.60. The molecular weight excluding hydrogens is 530 g/mol. The van der Waals surface area contributed by atoms with E-state index in [0.717, 1.165) is 16.5 Å². The molecule has 10 heteroatoms. The van der Waals surface area contributed by atoms with Crippen LogP contribution in [0.15, 0.2) is 78.1 Å². The lowest BCUT2D eigenvalue weighted by atomic mass is 9.92. The molecule has 0 radical (unpaired) electrons. The number of alkyl halides is 2. The molecule has 2 aromatic heterocycles. The molecule has 0 atom stereocenters. The molecule has 0 fully saturated rings. The summed E-state index contributed by atoms with van der Waals surface area (Å²) in [6.07, 6.45) is 5.69. The Morgan fingerprint density at radius 3 is 2.45 bits per heavy atom. The standard InChI is InChI=1S/C28H26F2N2O4S2/c1-5-36-26(33)28(29,30)37-23-14-21(16-31-17-23)18-8-6-9-19(12-18)24-15-22(27(2,3)38(4,34)35)13-20-10-7-11-32-25(20)24/h6-17H,5H2,1-4H3. The van der Waals surface area contributed by atoms with Gasteiger partial charge in [-0.15, -0.1) is 0 Å². The Bertz CT molecular complexity index is 1620. The quantitative estimate of drug-likeness (QED) is 0.181. The third-order valence-electron chi connectivity index (χ3n) is 6.31. The summed E-state index contributed by atoms with van der Waals surface area (Å²) >= 11 is 0.0749. The second-order valence-electron chi connectivity index (χ2n) is 9.21. The SMILES string of the molecule is CCOC(=O)C(F)(F)Sc1cncc(-c2cccc(-c3cc(C(C)(C)S(C)(=O)=O)cc4cccnc34)c2)c1. The van der Waals surface area contributed by atoms with Gasteiger partial charge in [0, 0.05) is 46.3 Å². The Morgan fingerprint density at radius 2 is 1.74 bits per heavy atom. The molecule has 4 aromatic rings. The number of hydrogen-bond acceptors (Lipinski definition) is 7. The fourth-order valence-electron chi connectivity index (χ4n) is 3.88. The number of sulfone groups is 1. The predicted molar refractivity (Wildman–Crippen MR) is 146 cm³/mol. The highest BCUT2D eigenvalue weighted by molar-refractivity contribution is 8.01. The number of pyridine rings is 2. The molecule has 2 heterocycles. The Hall–Kier alpha value is -3.37. The van der Waals surface area contributed by atoms with Crippen molar-refractivity contribution in [2.75, 3.05) is 12.9 Å². The minimum Gasteiger partial charge on any atom is -0.461 e. The van der Waals surface area contributed by atoms with Gasteiger partial charge in [0.15, 0.2) is 9.84 Å². The number of ether oxygens (including phenoxy) is 1. The number of hydrogen-bond donors (Lipinski definition) is 0. The number of carbonyl (C=O) groups is 1. The lowest BCUT2D eigenvalue weighted by molar-refractivity contribution is -0.159. The van der Waals surface area contributed by atoms with Gasteiger partial charge in [0.05, 0.1) is 16.9 Å². The van der Waals surface area contributed by atoms with Crippen LogP contribution in [0.3, 0.4) is 0 Å². The summed E-state index contributed by atoms with van der Waals surface area (Å²) in [6.45, 7) is 4.65. The van der Waals surface area contributed by atoms with E-state index in [4.69, 9.17) is 0 Å². The van der Waals surface area contributed by atoms with E-state index >= 15 is 0 Å². The summed E-state index contributed by atoms with van der Waals surface area (Å²) in [5.41, 5.74) is 4.11. The van der Waals surface area contributed by atoms with E-state index in [1.807, 2.05) is 42.5 Å². The van der Waals surface area contributed by atoms with E-state index < -0.39 is 25.8 Å². The number of halogens is 2. The topological polar surface area (TPSA) is 86.2 Å². The average Bonchev–Trinajstić information content (AvgIpc) is 2.87. The van der Waals surface area contributed by atoms with Gasteiger partial charge in [-0.2, -0.15) is 8.78 Å². The van der Waals surface area contributed by atoms with E-state index in [9.17, 15) is 22.0 Å². The molecule has 0 unspecified atom stereocenters. The smallest absolute Gasteiger partial charge is 0.393 e. The molecule has 4 rings (SSSR count). The van der Waals surface area contributed by atoms with Gasteiger partial charge in [-0.25, -0.2) is 13.2 Å². The first kappa shape index (κ1) is 27.7. The number of fused-ring (bicyclic) bond motifs is 1. The van der Waals surface area contributed by atoms with Gasteiger partial charge in [0.1, 0.15) is 0 Å². The zero-order chi connectivity index (χ0) is 27.7. The summed E-state index contributed by atoms with van der Waals surface area (Å²) in [6, 6.07) is 16.3. The number of thioether (sulfide) groups is 1. The molecule has 0 aliphatic carbocycles. The monoisotopic (exact) mass is 556 g/mol. The zero-order valence-corrected chi connectivity index (χ0v) is 22.9. The first-order valence-corrected chi connectivity index (χ1v) is 14.4. The molecule has 0 aliphatic rings. The first-order chi connectivity index (χ1) is 17.8. The molecule has 0 saturated carbocycles. The molecule has 0 N–H and O–H groups in total. The highest BCUT2D eigenvalue weighted by Gasteiger charge is 2.42. The molecule has 38 heavy (non-hydrogen) atoms. The van der Waals surface area contributed by atoms with Gasteiger partial charge < -0.3 is 4.74 Å². The number of benzene rings is 2. The van der Waals surface area contributed by atoms with Crippen molar-refractivity contribution >= 4 is 38.5 Å². The zero-order valence-electron chi connectivity index (χ0n) is 21.2. The molecule has 6 nitrogen and oxygen atoms in total. The second kappa shape index (κ2) is 10.4. The van der Waals surface area contributed by atoms with Crippen molar-refractivity contribution in [1.29, 1.82) is 0 Å². The van der Waals surface area contributed by atoms with Crippen LogP contribution in [0.1, 0.15) is 26.3 Å². The Kier molecular flexibility index (Phi) is 7.58. The maximum atomic E-state index is 14.3. The van der Waals surface area contributed by atoms with Crippen LogP contribution in [-0.4, -0.2) is 42.5 Å². The number of aromatic nitrogens is 2. The van der Waals surface area contributed by atoms with Crippen LogP contribution in [0.25, 0.3) is 33.2 Å². The summed E-state index contributed by atoms with van der Waals surface area (Å²) in [4.78, 5) is 20.4. The number of rotatable bonds is 8. The van der Waals surface area contributed by atoms with E-state index in [0.29, 0.717) is 22.2 Å². The van der Waals surface area contributed by atoms with Crippen LogP contribution >= 0.6 is 11.8 Å². The van der Waals surface area contributed by atoms with Crippen LogP contribution in [0, 0.1) is 0 Å². The van der Waals surface area contributed by atoms with Crippen LogP contribution in [0.4, 0.5) is 8.78 Å². The molecule has 198 valence electrons. The summed E-state index contributed by atoms with van der Waals surface area (Å²) in [5, 5.41) is -2.96. The number of carbonyl (C=O) groups excluding carboxylic acids is 1. The Balaban J connectivity index is 1.79. The average molecular weight is 557 g/mol. The van der Waals surface area contributed by atoms with Crippen LogP contribution in [0.2, 0.25) is 0 Å². The summed E-state index contributed by atoms with van der Waals surface area (Å²) < 4.78 is 57.1. The molecule has 0 bridgehead atoms. The normalized spacial score (nSPS) is 12.5. The second-order valence-corrected chi connectivity index (χ2v) is 13.0. The molecule has 0 spiro atoms. The third-order valence-corrected chi connectivity index (χ3v) is 9.28. The minimum atomic E-state index is -3.75. The van der Waals surface area contributed by atoms with Crippen molar-refractivity contribution in [2.24, 2.45) is 0 Å². The van der Waals surface area contributed by atoms with Crippen LogP contribution < -0.4 is 0 Å². The highest BCUT2D eigenvalue weighted by Crippen LogP contribution is 2.39. The van der Waals surface area contributed by atoms with Crippen LogP contribution in [0.5, 0.6) is 0 Å². The molecule has 2 aromatic carbocycles. The maximum absolute atomic E-state index is 14.3. The Morgan fingerprint density at radius 1 is 1.00 bits per heavy atom. The van der Waals surface area contributed by atoms with Crippen molar-refractivity contribution in [1.82, 2.24) is 9.97 Å². The van der Waals surface area contributed by atoms with Crippen molar-refractivity contribution in [3.8, 4) is 22.3 Å². The largest absolute Gasteiger partial charge is 0.461 e. The van der Waals surface area contributed by atoms with Crippen LogP contribution in [-0.2, 0) is 24.1 Å². The molecule has 0 amide bonds. The van der Waals surface area contributed by atoms with E-state index in [1.54, 1.807) is 32.3 Å². The first-order valence-electron chi connectivity index (χ1n) is 11.7. The van der Waals surface area contributed by atoms with E-state index in [1.165, 1.54) is 25.4 Å². The maximum Gasteiger partial charge on any atom is 0.393 e. The molecule has 0 saturated heterocycles. The summed E-state index contributed by atoms with van der Waals surface area (Å²) in [7, 11) is -3.43. The van der Waals surface area contributed by atoms with Gasteiger partial charge in [-0.3, -0.25) is 9.97 Å². The van der Waals surface area contributed by atoms with Gasteiger partial charge in [0.25, 0.3) is 0 Å². The predicted octanol–water partition coefficient (Wildman–Crippen LogP) is 6.49. The molecule has 0 aliphatic heterocycles. The van der Waals surface area contributed by atoms with Crippen molar-refractivity contribution in [3.05, 3.63) is 78.8 Å². The lowest BCUT2D eigenvalue weighted by Gasteiger charge is -2.24. The number of nitrogens with zero attached hydrogens (tertiary/aromatic N) is 2. The highest BCUT2D eigenvalue weighted by atomic mass is 32.2. The van der Waals surface area contributed by atoms with Gasteiger partial charge >= 0.3 is 11.2 Å². The van der Waals surface area contributed by atoms with Crippen molar-refractivity contribution in [2.45, 2.75) is 35.7 Å². The minimum absolute atomic E-state index is 0.0749. The van der Waals surface area contributed by atoms with Gasteiger partial charge in [-0.1, -0.05) is 24.3 Å². The number of esters is 1. The third kappa shape index (κ3) is 5.56. The van der Waals surface area contributed by atoms with E-state index in [2.05, 4.69) is 14.7 Å². The fourth-order valence-corrected chi connectivity index (χ4v) is 5.16. The molecular formula is C28H26F2N2O4S2. The van der Waals surface area contributed by atoms with E-state index in [-0.39, 0.29) is 23.3 Å². The van der Waals surface area contributed by atoms with Gasteiger partial charge in [0.2, 0.25) is 0 Å². The van der Waals surface area contributed by atoms with Crippen molar-refractivity contribution < 1.29 is 26.7 Å². The van der Waals surface area contributed by atoms with Crippen molar-refractivity contribution in [3.63, 3.8) is 0 Å². The lowest BCUT2D eigenvalue weighted by Crippen LogP contribution is -2.28. The fraction of sp³-hybridized carbons (Fsp3) is 0.250. The Labute approximate surface area is 224 Å².